The van der Waals surface area contributed by atoms with E-state index in [-0.39, 0.29) is 12.4 Å². The Morgan fingerprint density at radius 1 is 1.60 bits per heavy atom. The predicted molar refractivity (Wildman–Crippen MR) is 47.4 cm³/mol. The molecule has 0 aromatic rings. The molecule has 2 unspecified atom stereocenters. The van der Waals surface area contributed by atoms with Crippen LogP contribution >= 0.6 is 11.8 Å². The number of alkyl halides is 3. The van der Waals surface area contributed by atoms with Gasteiger partial charge >= 0.3 is 12.1 Å². The van der Waals surface area contributed by atoms with Crippen LogP contribution in [0.1, 0.15) is 6.92 Å². The maximum atomic E-state index is 12.4. The van der Waals surface area contributed by atoms with Crippen LogP contribution in [0.5, 0.6) is 0 Å². The maximum Gasteiger partial charge on any atom is 0.401 e. The minimum Gasteiger partial charge on any atom is -0.465 e. The van der Waals surface area contributed by atoms with E-state index in [1.165, 1.54) is 6.92 Å². The lowest BCUT2D eigenvalue weighted by Crippen LogP contribution is -2.38. The highest BCUT2D eigenvalue weighted by Crippen LogP contribution is 2.41. The summed E-state index contributed by atoms with van der Waals surface area (Å²) in [6.45, 7) is 1.45. The molecule has 1 aliphatic rings. The van der Waals surface area contributed by atoms with Crippen LogP contribution in [-0.2, 0) is 14.3 Å². The van der Waals surface area contributed by atoms with Crippen molar-refractivity contribution in [1.82, 2.24) is 0 Å². The van der Waals surface area contributed by atoms with Gasteiger partial charge in [0.15, 0.2) is 5.78 Å². The number of carbonyl (C=O) groups excluding carboxylic acids is 2. The summed E-state index contributed by atoms with van der Waals surface area (Å²) in [5, 5.41) is -1.95. The Morgan fingerprint density at radius 2 is 2.20 bits per heavy atom. The van der Waals surface area contributed by atoms with Gasteiger partial charge in [-0.1, -0.05) is 0 Å². The first-order chi connectivity index (χ1) is 6.88. The fourth-order valence-electron chi connectivity index (χ4n) is 1.30. The van der Waals surface area contributed by atoms with Gasteiger partial charge in [0.1, 0.15) is 11.2 Å². The Balaban J connectivity index is 2.82. The molecule has 0 spiro atoms. The van der Waals surface area contributed by atoms with Crippen LogP contribution in [0, 0.1) is 5.92 Å². The smallest absolute Gasteiger partial charge is 0.401 e. The lowest BCUT2D eigenvalue weighted by Gasteiger charge is -2.18. The van der Waals surface area contributed by atoms with Gasteiger partial charge in [0.2, 0.25) is 0 Å². The van der Waals surface area contributed by atoms with Crippen LogP contribution in [0.2, 0.25) is 0 Å². The van der Waals surface area contributed by atoms with Crippen LogP contribution in [0.15, 0.2) is 0 Å². The molecular formula is C8H9F3O3S. The molecule has 1 heterocycles. The number of halogens is 3. The number of hydrogen-bond donors (Lipinski definition) is 0. The number of carbonyl (C=O) groups is 2. The third-order valence-corrected chi connectivity index (χ3v) is 3.27. The SMILES string of the molecule is CCOC(=O)C1C(=O)CSC1C(F)(F)F. The molecule has 1 aliphatic heterocycles. The van der Waals surface area contributed by atoms with Crippen molar-refractivity contribution in [3.05, 3.63) is 0 Å². The fraction of sp³-hybridized carbons (Fsp3) is 0.750. The molecule has 0 saturated carbocycles. The average molecular weight is 242 g/mol. The van der Waals surface area contributed by atoms with Gasteiger partial charge in [-0.05, 0) is 6.92 Å². The van der Waals surface area contributed by atoms with E-state index in [0.717, 1.165) is 0 Å². The summed E-state index contributed by atoms with van der Waals surface area (Å²) in [5.41, 5.74) is 0. The van der Waals surface area contributed by atoms with Gasteiger partial charge < -0.3 is 4.74 Å². The van der Waals surface area contributed by atoms with Gasteiger partial charge in [0.25, 0.3) is 0 Å². The zero-order chi connectivity index (χ0) is 11.6. The van der Waals surface area contributed by atoms with Gasteiger partial charge in [-0.25, -0.2) is 0 Å². The van der Waals surface area contributed by atoms with E-state index in [1.54, 1.807) is 0 Å². The standard InChI is InChI=1S/C8H9F3O3S/c1-2-14-7(13)5-4(12)3-15-6(5)8(9,10)11/h5-6H,2-3H2,1H3. The van der Waals surface area contributed by atoms with Crippen molar-refractivity contribution in [2.45, 2.75) is 18.3 Å². The molecular weight excluding hydrogens is 233 g/mol. The average Bonchev–Trinajstić information content (AvgIpc) is 2.46. The van der Waals surface area contributed by atoms with E-state index in [2.05, 4.69) is 4.74 Å². The highest BCUT2D eigenvalue weighted by atomic mass is 32.2. The number of Topliss-reactive ketones (excluding diaryl/α,β-unsaturated/α-hetero) is 1. The quantitative estimate of drug-likeness (QED) is 0.542. The van der Waals surface area contributed by atoms with Gasteiger partial charge in [-0.3, -0.25) is 9.59 Å². The van der Waals surface area contributed by atoms with Gasteiger partial charge in [-0.2, -0.15) is 13.2 Å². The van der Waals surface area contributed by atoms with Crippen molar-refractivity contribution < 1.29 is 27.5 Å². The molecule has 0 amide bonds. The van der Waals surface area contributed by atoms with Crippen molar-refractivity contribution in [3.63, 3.8) is 0 Å². The van der Waals surface area contributed by atoms with Gasteiger partial charge in [0, 0.05) is 0 Å². The molecule has 0 bridgehead atoms. The van der Waals surface area contributed by atoms with E-state index in [9.17, 15) is 22.8 Å². The first-order valence-corrected chi connectivity index (χ1v) is 5.30. The lowest BCUT2D eigenvalue weighted by atomic mass is 10.0. The predicted octanol–water partition coefficient (Wildman–Crippen LogP) is 1.41. The van der Waals surface area contributed by atoms with Crippen LogP contribution in [0.25, 0.3) is 0 Å². The van der Waals surface area contributed by atoms with E-state index in [1.807, 2.05) is 0 Å². The molecule has 1 saturated heterocycles. The fourth-order valence-corrected chi connectivity index (χ4v) is 2.47. The highest BCUT2D eigenvalue weighted by Gasteiger charge is 2.55. The molecule has 0 radical (unpaired) electrons. The Morgan fingerprint density at radius 3 is 2.67 bits per heavy atom. The number of ether oxygens (including phenoxy) is 1. The molecule has 2 atom stereocenters. The Hall–Kier alpha value is -0.720. The van der Waals surface area contributed by atoms with Crippen LogP contribution < -0.4 is 0 Å². The zero-order valence-corrected chi connectivity index (χ0v) is 8.65. The Bertz CT molecular complexity index is 277. The topological polar surface area (TPSA) is 43.4 Å². The number of rotatable bonds is 2. The summed E-state index contributed by atoms with van der Waals surface area (Å²) in [5.74, 6) is -3.75. The second-order valence-corrected chi connectivity index (χ2v) is 4.10. The van der Waals surface area contributed by atoms with Crippen LogP contribution in [-0.4, -0.2) is 35.5 Å². The largest absolute Gasteiger partial charge is 0.465 e. The van der Waals surface area contributed by atoms with Crippen molar-refractivity contribution in [2.24, 2.45) is 5.92 Å². The highest BCUT2D eigenvalue weighted by molar-refractivity contribution is 8.01. The first-order valence-electron chi connectivity index (χ1n) is 4.25. The molecule has 3 nitrogen and oxygen atoms in total. The van der Waals surface area contributed by atoms with E-state index < -0.39 is 29.1 Å². The number of esters is 1. The van der Waals surface area contributed by atoms with Crippen LogP contribution in [0.3, 0.4) is 0 Å². The minimum atomic E-state index is -4.55. The molecule has 1 fully saturated rings. The molecule has 15 heavy (non-hydrogen) atoms. The third kappa shape index (κ3) is 2.64. The lowest BCUT2D eigenvalue weighted by molar-refractivity contribution is -0.166. The van der Waals surface area contributed by atoms with E-state index >= 15 is 0 Å². The van der Waals surface area contributed by atoms with Crippen molar-refractivity contribution in [3.8, 4) is 0 Å². The summed E-state index contributed by atoms with van der Waals surface area (Å²) < 4.78 is 41.7. The van der Waals surface area contributed by atoms with Gasteiger partial charge in [0.05, 0.1) is 12.4 Å². The second kappa shape index (κ2) is 4.42. The summed E-state index contributed by atoms with van der Waals surface area (Å²) in [7, 11) is 0. The summed E-state index contributed by atoms with van der Waals surface area (Å²) in [6.07, 6.45) is -4.55. The third-order valence-electron chi connectivity index (χ3n) is 1.92. The summed E-state index contributed by atoms with van der Waals surface area (Å²) in [6, 6.07) is 0. The molecule has 7 heteroatoms. The molecule has 0 aliphatic carbocycles. The zero-order valence-electron chi connectivity index (χ0n) is 7.84. The molecule has 0 aromatic carbocycles. The van der Waals surface area contributed by atoms with E-state index in [0.29, 0.717) is 11.8 Å². The molecule has 86 valence electrons. The summed E-state index contributed by atoms with van der Waals surface area (Å²) >= 11 is 0.444. The minimum absolute atomic E-state index is 0.0299. The van der Waals surface area contributed by atoms with Crippen molar-refractivity contribution >= 4 is 23.5 Å². The molecule has 0 aromatic heterocycles. The number of thioether (sulfide) groups is 1. The Labute approximate surface area is 88.3 Å². The maximum absolute atomic E-state index is 12.4. The van der Waals surface area contributed by atoms with Crippen molar-refractivity contribution in [1.29, 1.82) is 0 Å². The van der Waals surface area contributed by atoms with E-state index in [4.69, 9.17) is 0 Å². The normalized spacial score (nSPS) is 26.8. The number of hydrogen-bond acceptors (Lipinski definition) is 4. The number of ketones is 1. The summed E-state index contributed by atoms with van der Waals surface area (Å²) in [4.78, 5) is 22.3. The monoisotopic (exact) mass is 242 g/mol. The molecule has 1 rings (SSSR count). The van der Waals surface area contributed by atoms with Crippen LogP contribution in [0.4, 0.5) is 13.2 Å². The van der Waals surface area contributed by atoms with Gasteiger partial charge in [-0.15, -0.1) is 11.8 Å². The molecule has 0 N–H and O–H groups in total. The second-order valence-electron chi connectivity index (χ2n) is 2.97. The Kier molecular flexibility index (Phi) is 3.64. The van der Waals surface area contributed by atoms with Crippen molar-refractivity contribution in [2.75, 3.05) is 12.4 Å². The first kappa shape index (κ1) is 12.4.